The SMILES string of the molecule is O=C(Nc1ccc(S(=O)(=O)N2CCOCC2)cc1)c1cc(Cl)ccc1N(c1cc(Br)c(Br)s1)S(=O)O. The topological polar surface area (TPSA) is 116 Å². The first-order valence-corrected chi connectivity index (χ1v) is 15.5. The number of morpholine rings is 1. The average molecular weight is 700 g/mol. The standard InChI is InChI=1S/C21H18Br2ClN3O6S3/c22-17-12-19(34-20(17)23)27(35(29)30)18-6-1-13(24)11-16(18)21(28)25-14-2-4-15(5-3-14)36(31,32)26-7-9-33-10-8-26/h1-6,11-12H,7-10H2,(H,25,28)(H,29,30). The van der Waals surface area contributed by atoms with Crippen LogP contribution in [0.3, 0.4) is 0 Å². The number of ether oxygens (including phenoxy) is 1. The zero-order chi connectivity index (χ0) is 26.0. The van der Waals surface area contributed by atoms with Crippen LogP contribution in [0.25, 0.3) is 0 Å². The Morgan fingerprint density at radius 3 is 2.39 bits per heavy atom. The molecular weight excluding hydrogens is 682 g/mol. The highest BCUT2D eigenvalue weighted by Gasteiger charge is 2.27. The second-order valence-corrected chi connectivity index (χ2v) is 13.8. The molecule has 0 spiro atoms. The highest BCUT2D eigenvalue weighted by atomic mass is 79.9. The Labute approximate surface area is 236 Å². The number of anilines is 3. The van der Waals surface area contributed by atoms with E-state index in [0.29, 0.717) is 32.2 Å². The van der Waals surface area contributed by atoms with E-state index in [9.17, 15) is 22.0 Å². The molecule has 0 bridgehead atoms. The van der Waals surface area contributed by atoms with Crippen LogP contribution in [0, 0.1) is 0 Å². The van der Waals surface area contributed by atoms with Crippen molar-refractivity contribution >= 4 is 98.4 Å². The Bertz CT molecular complexity index is 1390. The molecule has 2 aromatic carbocycles. The summed E-state index contributed by atoms with van der Waals surface area (Å²) in [6, 6.07) is 11.8. The number of rotatable bonds is 7. The van der Waals surface area contributed by atoms with Crippen molar-refractivity contribution in [2.45, 2.75) is 4.90 Å². The molecule has 192 valence electrons. The fourth-order valence-corrected chi connectivity index (χ4v) is 7.77. The Hall–Kier alpha value is -1.36. The van der Waals surface area contributed by atoms with Crippen molar-refractivity contribution in [3.63, 3.8) is 0 Å². The normalized spacial score (nSPS) is 15.4. The molecule has 36 heavy (non-hydrogen) atoms. The summed E-state index contributed by atoms with van der Waals surface area (Å²) in [6.07, 6.45) is 0. The van der Waals surface area contributed by atoms with Crippen LogP contribution in [0.1, 0.15) is 10.4 Å². The zero-order valence-corrected chi connectivity index (χ0v) is 24.6. The van der Waals surface area contributed by atoms with Gasteiger partial charge in [0.1, 0.15) is 5.00 Å². The Balaban J connectivity index is 1.61. The fourth-order valence-electron chi connectivity index (χ4n) is 3.43. The van der Waals surface area contributed by atoms with Crippen molar-refractivity contribution in [2.75, 3.05) is 35.9 Å². The van der Waals surface area contributed by atoms with E-state index < -0.39 is 27.2 Å². The second-order valence-electron chi connectivity index (χ2n) is 7.39. The van der Waals surface area contributed by atoms with Crippen molar-refractivity contribution < 1.29 is 26.7 Å². The maximum absolute atomic E-state index is 13.2. The van der Waals surface area contributed by atoms with Crippen LogP contribution in [0.4, 0.5) is 16.4 Å². The van der Waals surface area contributed by atoms with Gasteiger partial charge in [0.15, 0.2) is 0 Å². The molecular formula is C21H18Br2ClN3O6S3. The molecule has 0 radical (unpaired) electrons. The smallest absolute Gasteiger partial charge is 0.267 e. The molecule has 9 nitrogen and oxygen atoms in total. The van der Waals surface area contributed by atoms with Crippen LogP contribution in [0.2, 0.25) is 5.02 Å². The van der Waals surface area contributed by atoms with E-state index in [-0.39, 0.29) is 34.3 Å². The summed E-state index contributed by atoms with van der Waals surface area (Å²) >= 11 is 11.6. The number of amides is 1. The number of halogens is 3. The first kappa shape index (κ1) is 27.7. The minimum absolute atomic E-state index is 0.0514. The Morgan fingerprint density at radius 1 is 1.14 bits per heavy atom. The monoisotopic (exact) mass is 697 g/mol. The quantitative estimate of drug-likeness (QED) is 0.316. The Morgan fingerprint density at radius 2 is 1.81 bits per heavy atom. The van der Waals surface area contributed by atoms with Gasteiger partial charge in [0, 0.05) is 28.3 Å². The minimum Gasteiger partial charge on any atom is -0.379 e. The third-order valence-corrected chi connectivity index (χ3v) is 11.3. The predicted molar refractivity (Wildman–Crippen MR) is 148 cm³/mol. The van der Waals surface area contributed by atoms with Crippen molar-refractivity contribution in [2.24, 2.45) is 0 Å². The summed E-state index contributed by atoms with van der Waals surface area (Å²) in [4.78, 5) is 13.3. The lowest BCUT2D eigenvalue weighted by atomic mass is 10.1. The van der Waals surface area contributed by atoms with Gasteiger partial charge in [-0.25, -0.2) is 16.9 Å². The van der Waals surface area contributed by atoms with Crippen LogP contribution in [-0.4, -0.2) is 53.7 Å². The molecule has 4 rings (SSSR count). The number of carbonyl (C=O) groups excluding carboxylic acids is 1. The molecule has 1 aliphatic rings. The van der Waals surface area contributed by atoms with Crippen LogP contribution in [-0.2, 0) is 26.0 Å². The van der Waals surface area contributed by atoms with Gasteiger partial charge in [0.2, 0.25) is 10.0 Å². The molecule has 15 heteroatoms. The summed E-state index contributed by atoms with van der Waals surface area (Å²) in [5, 5.41) is 3.36. The molecule has 1 saturated heterocycles. The molecule has 1 amide bonds. The zero-order valence-electron chi connectivity index (χ0n) is 18.2. The molecule has 3 aromatic rings. The highest BCUT2D eigenvalue weighted by molar-refractivity contribution is 9.13. The molecule has 1 unspecified atom stereocenters. The number of carbonyl (C=O) groups is 1. The van der Waals surface area contributed by atoms with Crippen LogP contribution >= 0.6 is 54.8 Å². The van der Waals surface area contributed by atoms with Gasteiger partial charge in [-0.2, -0.15) is 4.31 Å². The average Bonchev–Trinajstić information content (AvgIpc) is 3.18. The molecule has 2 heterocycles. The van der Waals surface area contributed by atoms with E-state index in [0.717, 1.165) is 4.31 Å². The summed E-state index contributed by atoms with van der Waals surface area (Å²) < 4.78 is 57.0. The number of nitrogens with one attached hydrogen (secondary N) is 1. The van der Waals surface area contributed by atoms with Gasteiger partial charge in [0.25, 0.3) is 17.2 Å². The van der Waals surface area contributed by atoms with E-state index in [1.54, 1.807) is 6.07 Å². The van der Waals surface area contributed by atoms with Gasteiger partial charge < -0.3 is 10.1 Å². The highest BCUT2D eigenvalue weighted by Crippen LogP contribution is 2.42. The van der Waals surface area contributed by atoms with Gasteiger partial charge >= 0.3 is 0 Å². The lowest BCUT2D eigenvalue weighted by Crippen LogP contribution is -2.40. The number of hydrogen-bond acceptors (Lipinski definition) is 6. The van der Waals surface area contributed by atoms with Crippen LogP contribution in [0.15, 0.2) is 61.7 Å². The molecule has 0 aliphatic carbocycles. The minimum atomic E-state index is -3.68. The van der Waals surface area contributed by atoms with Gasteiger partial charge in [0.05, 0.1) is 33.1 Å². The van der Waals surface area contributed by atoms with Gasteiger partial charge in [-0.3, -0.25) is 9.35 Å². The molecule has 1 fully saturated rings. The van der Waals surface area contributed by atoms with Gasteiger partial charge in [-0.05, 0) is 80.4 Å². The maximum atomic E-state index is 13.2. The van der Waals surface area contributed by atoms with E-state index in [2.05, 4.69) is 37.2 Å². The van der Waals surface area contributed by atoms with Crippen molar-refractivity contribution in [1.82, 2.24) is 4.31 Å². The second kappa shape index (κ2) is 11.6. The number of hydrogen-bond donors (Lipinski definition) is 2. The lowest BCUT2D eigenvalue weighted by molar-refractivity contribution is 0.0730. The third kappa shape index (κ3) is 6.03. The summed E-state index contributed by atoms with van der Waals surface area (Å²) in [6.45, 7) is 1.23. The van der Waals surface area contributed by atoms with Crippen molar-refractivity contribution in [3.05, 3.63) is 67.4 Å². The molecule has 1 aliphatic heterocycles. The van der Waals surface area contributed by atoms with E-state index in [1.165, 1.54) is 58.1 Å². The number of benzene rings is 2. The van der Waals surface area contributed by atoms with E-state index in [1.807, 2.05) is 0 Å². The predicted octanol–water partition coefficient (Wildman–Crippen LogP) is 5.47. The van der Waals surface area contributed by atoms with Crippen molar-refractivity contribution in [1.29, 1.82) is 0 Å². The molecule has 2 N–H and O–H groups in total. The summed E-state index contributed by atoms with van der Waals surface area (Å²) in [5.74, 6) is -0.596. The molecule has 1 aromatic heterocycles. The first-order chi connectivity index (χ1) is 17.1. The van der Waals surface area contributed by atoms with Crippen LogP contribution < -0.4 is 9.62 Å². The molecule has 1 atom stereocenters. The van der Waals surface area contributed by atoms with Gasteiger partial charge in [-0.1, -0.05) is 11.6 Å². The number of sulfonamides is 1. The van der Waals surface area contributed by atoms with Crippen molar-refractivity contribution in [3.8, 4) is 0 Å². The first-order valence-electron chi connectivity index (χ1n) is 10.2. The van der Waals surface area contributed by atoms with Crippen LogP contribution in [0.5, 0.6) is 0 Å². The Kier molecular flexibility index (Phi) is 8.90. The third-order valence-electron chi connectivity index (χ3n) is 5.13. The molecule has 0 saturated carbocycles. The van der Waals surface area contributed by atoms with E-state index >= 15 is 0 Å². The lowest BCUT2D eigenvalue weighted by Gasteiger charge is -2.26. The van der Waals surface area contributed by atoms with E-state index in [4.69, 9.17) is 16.3 Å². The number of thiophene rings is 1. The van der Waals surface area contributed by atoms with Gasteiger partial charge in [-0.15, -0.1) is 11.3 Å². The largest absolute Gasteiger partial charge is 0.379 e. The number of nitrogens with zero attached hydrogens (tertiary/aromatic N) is 2. The summed E-state index contributed by atoms with van der Waals surface area (Å²) in [7, 11) is -3.68. The maximum Gasteiger partial charge on any atom is 0.267 e. The summed E-state index contributed by atoms with van der Waals surface area (Å²) in [5.41, 5.74) is 0.547. The fraction of sp³-hybridized carbons (Fsp3) is 0.190.